The zero-order chi connectivity index (χ0) is 17.5. The number of aromatic nitrogens is 2. The third-order valence-corrected chi connectivity index (χ3v) is 3.35. The molecular weight excluding hydrogens is 318 g/mol. The number of carbonyl (C=O) groups is 2. The third kappa shape index (κ3) is 4.23. The minimum absolute atomic E-state index is 0.0686. The van der Waals surface area contributed by atoms with E-state index >= 15 is 0 Å². The van der Waals surface area contributed by atoms with E-state index in [-0.39, 0.29) is 23.7 Å². The van der Waals surface area contributed by atoms with Gasteiger partial charge in [-0.1, -0.05) is 19.4 Å². The molecule has 0 unspecified atom stereocenters. The van der Waals surface area contributed by atoms with Crippen LogP contribution in [-0.2, 0) is 0 Å². The second-order valence-corrected chi connectivity index (χ2v) is 5.16. The van der Waals surface area contributed by atoms with E-state index in [0.717, 1.165) is 31.0 Å². The number of benzene rings is 1. The van der Waals surface area contributed by atoms with Gasteiger partial charge >= 0.3 is 0 Å². The number of unbranched alkanes of at least 4 members (excludes halogenated alkanes) is 1. The highest BCUT2D eigenvalue weighted by Crippen LogP contribution is 2.17. The first-order valence-corrected chi connectivity index (χ1v) is 7.57. The van der Waals surface area contributed by atoms with Gasteiger partial charge in [-0.15, -0.1) is 0 Å². The van der Waals surface area contributed by atoms with Crippen molar-refractivity contribution in [2.24, 2.45) is 0 Å². The fourth-order valence-corrected chi connectivity index (χ4v) is 2.09. The maximum atomic E-state index is 13.6. The third-order valence-electron chi connectivity index (χ3n) is 3.35. The van der Waals surface area contributed by atoms with Gasteiger partial charge in [-0.25, -0.2) is 8.78 Å². The highest BCUT2D eigenvalue weighted by molar-refractivity contribution is 6.09. The zero-order valence-corrected chi connectivity index (χ0v) is 13.2. The molecule has 2 rings (SSSR count). The lowest BCUT2D eigenvalue weighted by atomic mass is 10.1. The summed E-state index contributed by atoms with van der Waals surface area (Å²) in [6.07, 6.45) is 3.16. The Labute approximate surface area is 137 Å². The topological polar surface area (TPSA) is 86.9 Å². The van der Waals surface area contributed by atoms with E-state index in [1.807, 2.05) is 6.92 Å². The van der Waals surface area contributed by atoms with Gasteiger partial charge in [0.05, 0.1) is 18.4 Å². The Bertz CT molecular complexity index is 710. The fraction of sp³-hybridized carbons (Fsp3) is 0.312. The molecular formula is C16H18F2N4O2. The van der Waals surface area contributed by atoms with E-state index in [4.69, 9.17) is 0 Å². The van der Waals surface area contributed by atoms with E-state index in [9.17, 15) is 18.4 Å². The van der Waals surface area contributed by atoms with Crippen LogP contribution >= 0.6 is 0 Å². The molecule has 1 aromatic heterocycles. The molecule has 8 heteroatoms. The maximum absolute atomic E-state index is 13.6. The van der Waals surface area contributed by atoms with Crippen LogP contribution in [0.4, 0.5) is 14.5 Å². The van der Waals surface area contributed by atoms with Crippen molar-refractivity contribution in [1.29, 1.82) is 0 Å². The van der Waals surface area contributed by atoms with Crippen molar-refractivity contribution in [3.63, 3.8) is 0 Å². The molecule has 0 aliphatic heterocycles. The Balaban J connectivity index is 2.07. The molecule has 0 saturated carbocycles. The SMILES string of the molecule is CCCCNCC(=O)c1[nH]ncc1NC(=O)c1c(F)cccc1F. The summed E-state index contributed by atoms with van der Waals surface area (Å²) in [7, 11) is 0. The number of hydrogen-bond acceptors (Lipinski definition) is 4. The number of anilines is 1. The minimum atomic E-state index is -0.986. The summed E-state index contributed by atoms with van der Waals surface area (Å²) < 4.78 is 27.3. The number of aromatic amines is 1. The second-order valence-electron chi connectivity index (χ2n) is 5.16. The molecule has 0 bridgehead atoms. The fourth-order valence-electron chi connectivity index (χ4n) is 2.09. The lowest BCUT2D eigenvalue weighted by Crippen LogP contribution is -2.25. The molecule has 0 aliphatic rings. The Morgan fingerprint density at radius 3 is 2.62 bits per heavy atom. The minimum Gasteiger partial charge on any atom is -0.318 e. The molecule has 2 aromatic rings. The quantitative estimate of drug-likeness (QED) is 0.511. The van der Waals surface area contributed by atoms with Gasteiger partial charge in [-0.05, 0) is 25.1 Å². The Hall–Kier alpha value is -2.61. The van der Waals surface area contributed by atoms with Gasteiger partial charge in [0.15, 0.2) is 5.78 Å². The number of halogens is 2. The van der Waals surface area contributed by atoms with Crippen LogP contribution in [0.2, 0.25) is 0 Å². The van der Waals surface area contributed by atoms with Gasteiger partial charge < -0.3 is 10.6 Å². The smallest absolute Gasteiger partial charge is 0.261 e. The number of ketones is 1. The normalized spacial score (nSPS) is 10.6. The van der Waals surface area contributed by atoms with Crippen molar-refractivity contribution in [3.05, 3.63) is 47.3 Å². The van der Waals surface area contributed by atoms with Crippen LogP contribution in [0.5, 0.6) is 0 Å². The van der Waals surface area contributed by atoms with Gasteiger partial charge in [0, 0.05) is 0 Å². The number of amides is 1. The maximum Gasteiger partial charge on any atom is 0.261 e. The first-order chi connectivity index (χ1) is 11.5. The number of H-pyrrole nitrogens is 1. The molecule has 128 valence electrons. The number of carbonyl (C=O) groups excluding carboxylic acids is 2. The summed E-state index contributed by atoms with van der Waals surface area (Å²) >= 11 is 0. The molecule has 0 fully saturated rings. The van der Waals surface area contributed by atoms with Crippen LogP contribution in [0.25, 0.3) is 0 Å². The van der Waals surface area contributed by atoms with Crippen LogP contribution in [0.15, 0.2) is 24.4 Å². The lowest BCUT2D eigenvalue weighted by Gasteiger charge is -2.07. The standard InChI is InChI=1S/C16H18F2N4O2/c1-2-3-7-19-9-13(23)15-12(8-20-22-15)21-16(24)14-10(17)5-4-6-11(14)18/h4-6,8,19H,2-3,7,9H2,1H3,(H,20,22)(H,21,24). The van der Waals surface area contributed by atoms with Gasteiger partial charge in [0.1, 0.15) is 22.9 Å². The van der Waals surface area contributed by atoms with E-state index in [1.165, 1.54) is 6.20 Å². The molecule has 1 amide bonds. The second kappa shape index (κ2) is 8.30. The van der Waals surface area contributed by atoms with Gasteiger partial charge in [0.2, 0.25) is 0 Å². The molecule has 0 aliphatic carbocycles. The van der Waals surface area contributed by atoms with Gasteiger partial charge in [0.25, 0.3) is 5.91 Å². The lowest BCUT2D eigenvalue weighted by molar-refractivity contribution is 0.0987. The Morgan fingerprint density at radius 1 is 1.25 bits per heavy atom. The van der Waals surface area contributed by atoms with Gasteiger partial charge in [-0.2, -0.15) is 5.10 Å². The van der Waals surface area contributed by atoms with Crippen LogP contribution in [0.3, 0.4) is 0 Å². The van der Waals surface area contributed by atoms with Crippen molar-refractivity contribution in [2.45, 2.75) is 19.8 Å². The van der Waals surface area contributed by atoms with Crippen molar-refractivity contribution >= 4 is 17.4 Å². The van der Waals surface area contributed by atoms with Gasteiger partial charge in [-0.3, -0.25) is 14.7 Å². The number of hydrogen-bond donors (Lipinski definition) is 3. The monoisotopic (exact) mass is 336 g/mol. The molecule has 0 radical (unpaired) electrons. The van der Waals surface area contributed by atoms with Crippen molar-refractivity contribution in [2.75, 3.05) is 18.4 Å². The molecule has 0 saturated heterocycles. The highest BCUT2D eigenvalue weighted by Gasteiger charge is 2.20. The molecule has 6 nitrogen and oxygen atoms in total. The summed E-state index contributed by atoms with van der Waals surface area (Å²) in [6, 6.07) is 3.13. The Kier molecular flexibility index (Phi) is 6.14. The predicted molar refractivity (Wildman–Crippen MR) is 85.0 cm³/mol. The molecule has 24 heavy (non-hydrogen) atoms. The van der Waals surface area contributed by atoms with Crippen molar-refractivity contribution in [3.8, 4) is 0 Å². The van der Waals surface area contributed by atoms with E-state index in [0.29, 0.717) is 6.54 Å². The largest absolute Gasteiger partial charge is 0.318 e. The van der Waals surface area contributed by atoms with Crippen LogP contribution in [-0.4, -0.2) is 35.0 Å². The van der Waals surface area contributed by atoms with E-state index < -0.39 is 23.1 Å². The van der Waals surface area contributed by atoms with Crippen molar-refractivity contribution < 1.29 is 18.4 Å². The number of nitrogens with one attached hydrogen (secondary N) is 3. The average molecular weight is 336 g/mol. The van der Waals surface area contributed by atoms with E-state index in [1.54, 1.807) is 0 Å². The van der Waals surface area contributed by atoms with E-state index in [2.05, 4.69) is 20.8 Å². The summed E-state index contributed by atoms with van der Waals surface area (Å²) in [5.41, 5.74) is -0.563. The van der Waals surface area contributed by atoms with Crippen LogP contribution < -0.4 is 10.6 Å². The first-order valence-electron chi connectivity index (χ1n) is 7.57. The molecule has 3 N–H and O–H groups in total. The zero-order valence-electron chi connectivity index (χ0n) is 13.2. The number of Topliss-reactive ketones (excluding diaryl/α,β-unsaturated/α-hetero) is 1. The Morgan fingerprint density at radius 2 is 1.96 bits per heavy atom. The molecule has 1 heterocycles. The highest BCUT2D eigenvalue weighted by atomic mass is 19.1. The predicted octanol–water partition coefficient (Wildman–Crippen LogP) is 2.51. The first kappa shape index (κ1) is 17.7. The summed E-state index contributed by atoms with van der Waals surface area (Å²) in [5.74, 6) is -3.26. The summed E-state index contributed by atoms with van der Waals surface area (Å²) in [4.78, 5) is 24.2. The summed E-state index contributed by atoms with van der Waals surface area (Å²) in [5, 5.41) is 11.5. The number of nitrogens with zero attached hydrogens (tertiary/aromatic N) is 1. The molecule has 1 aromatic carbocycles. The molecule has 0 spiro atoms. The van der Waals surface area contributed by atoms with Crippen molar-refractivity contribution in [1.82, 2.24) is 15.5 Å². The van der Waals surface area contributed by atoms with Crippen LogP contribution in [0.1, 0.15) is 40.6 Å². The number of rotatable bonds is 8. The van der Waals surface area contributed by atoms with Crippen LogP contribution in [0, 0.1) is 11.6 Å². The summed E-state index contributed by atoms with van der Waals surface area (Å²) in [6.45, 7) is 2.80. The average Bonchev–Trinajstić information content (AvgIpc) is 2.99. The molecule has 0 atom stereocenters.